The molecule has 31 heavy (non-hydrogen) atoms. The lowest BCUT2D eigenvalue weighted by molar-refractivity contribution is 0.0303. The van der Waals surface area contributed by atoms with Crippen molar-refractivity contribution in [2.75, 3.05) is 31.6 Å². The van der Waals surface area contributed by atoms with E-state index in [0.717, 1.165) is 5.69 Å². The number of hydrogen-bond donors (Lipinski definition) is 2. The van der Waals surface area contributed by atoms with Crippen LogP contribution in [0.2, 0.25) is 0 Å². The Balaban J connectivity index is 0.00000272. The number of ether oxygens (including phenoxy) is 1. The molecule has 0 radical (unpaired) electrons. The molecule has 1 amide bonds. The van der Waals surface area contributed by atoms with Gasteiger partial charge in [-0.1, -0.05) is 0 Å². The van der Waals surface area contributed by atoms with Gasteiger partial charge in [0.05, 0.1) is 29.4 Å². The van der Waals surface area contributed by atoms with E-state index in [9.17, 15) is 13.2 Å². The molecule has 3 N–H and O–H groups in total. The highest BCUT2D eigenvalue weighted by Crippen LogP contribution is 2.30. The molecule has 3 aromatic rings. The highest BCUT2D eigenvalue weighted by Gasteiger charge is 2.23. The third-order valence-electron chi connectivity index (χ3n) is 4.85. The Kier molecular flexibility index (Phi) is 6.75. The van der Waals surface area contributed by atoms with Crippen molar-refractivity contribution in [1.29, 1.82) is 0 Å². The number of halogens is 1. The third-order valence-corrected chi connectivity index (χ3v) is 5.78. The van der Waals surface area contributed by atoms with Crippen LogP contribution in [0.15, 0.2) is 47.5 Å². The molecule has 0 bridgehead atoms. The molecule has 0 saturated carbocycles. The lowest BCUT2D eigenvalue weighted by atomic mass is 10.1. The number of hydrogen-bond acceptors (Lipinski definition) is 7. The molecular weight excluding hydrogens is 442 g/mol. The number of carbonyl (C=O) groups excluding carboxylic acids is 1. The van der Waals surface area contributed by atoms with Gasteiger partial charge in [0.2, 0.25) is 10.0 Å². The molecule has 3 heterocycles. The first-order valence-electron chi connectivity index (χ1n) is 9.36. The molecule has 1 aliphatic heterocycles. The van der Waals surface area contributed by atoms with Crippen molar-refractivity contribution < 1.29 is 17.9 Å². The molecule has 164 valence electrons. The molecule has 0 unspecified atom stereocenters. The maximum Gasteiger partial charge on any atom is 0.257 e. The van der Waals surface area contributed by atoms with E-state index in [-0.39, 0.29) is 23.2 Å². The van der Waals surface area contributed by atoms with Crippen molar-refractivity contribution in [2.24, 2.45) is 5.14 Å². The number of sulfonamides is 1. The Labute approximate surface area is 186 Å². The van der Waals surface area contributed by atoms with E-state index in [1.165, 1.54) is 18.3 Å². The number of nitrogens with zero attached hydrogens (tertiary/aromatic N) is 3. The first-order valence-corrected chi connectivity index (χ1v) is 10.9. The first-order chi connectivity index (χ1) is 14.3. The summed E-state index contributed by atoms with van der Waals surface area (Å²) in [5, 5.41) is 9.10. The van der Waals surface area contributed by atoms with E-state index in [1.807, 2.05) is 19.1 Å². The van der Waals surface area contributed by atoms with Crippen LogP contribution in [0.25, 0.3) is 11.0 Å². The third kappa shape index (κ3) is 4.93. The van der Waals surface area contributed by atoms with Gasteiger partial charge >= 0.3 is 0 Å². The number of pyridine rings is 2. The lowest BCUT2D eigenvalue weighted by Gasteiger charge is -2.27. The Morgan fingerprint density at radius 1 is 1.13 bits per heavy atom. The summed E-state index contributed by atoms with van der Waals surface area (Å²) in [5.41, 5.74) is 2.90. The van der Waals surface area contributed by atoms with Crippen molar-refractivity contribution in [3.8, 4) is 0 Å². The Bertz CT molecular complexity index is 1210. The van der Waals surface area contributed by atoms with Crippen LogP contribution >= 0.6 is 12.4 Å². The molecule has 11 heteroatoms. The maximum atomic E-state index is 13.2. The van der Waals surface area contributed by atoms with Crippen LogP contribution in [0.3, 0.4) is 0 Å². The Hall–Kier alpha value is -2.79. The second kappa shape index (κ2) is 9.15. The van der Waals surface area contributed by atoms with Crippen LogP contribution < -0.4 is 10.5 Å². The monoisotopic (exact) mass is 463 g/mol. The molecule has 0 aliphatic carbocycles. The van der Waals surface area contributed by atoms with E-state index in [4.69, 9.17) is 9.88 Å². The van der Waals surface area contributed by atoms with Gasteiger partial charge in [-0.25, -0.2) is 23.5 Å². The highest BCUT2D eigenvalue weighted by atomic mass is 35.5. The fraction of sp³-hybridized carbons (Fsp3) is 0.250. The topological polar surface area (TPSA) is 128 Å². The van der Waals surface area contributed by atoms with Gasteiger partial charge < -0.3 is 15.0 Å². The summed E-state index contributed by atoms with van der Waals surface area (Å²) in [4.78, 5) is 23.7. The largest absolute Gasteiger partial charge is 0.378 e. The van der Waals surface area contributed by atoms with E-state index >= 15 is 0 Å². The summed E-state index contributed by atoms with van der Waals surface area (Å²) in [7, 11) is -3.79. The van der Waals surface area contributed by atoms with Gasteiger partial charge in [0, 0.05) is 36.1 Å². The molecule has 0 atom stereocenters. The molecule has 1 fully saturated rings. The molecule has 4 rings (SSSR count). The summed E-state index contributed by atoms with van der Waals surface area (Å²) in [6.45, 7) is 3.86. The fourth-order valence-electron chi connectivity index (χ4n) is 3.28. The van der Waals surface area contributed by atoms with Crippen molar-refractivity contribution in [3.63, 3.8) is 0 Å². The zero-order valence-electron chi connectivity index (χ0n) is 16.7. The SMILES string of the molecule is Cc1ccc2c(Nc3ccc(S(N)(=O)=O)cc3)c(C(=O)N3CCOCC3)cnc2n1.Cl. The zero-order chi connectivity index (χ0) is 21.3. The van der Waals surface area contributed by atoms with Crippen LogP contribution in [0, 0.1) is 6.92 Å². The number of aromatic nitrogens is 2. The van der Waals surface area contributed by atoms with Gasteiger partial charge in [-0.15, -0.1) is 12.4 Å². The maximum absolute atomic E-state index is 13.2. The quantitative estimate of drug-likeness (QED) is 0.607. The number of benzene rings is 1. The number of carbonyl (C=O) groups is 1. The number of nitrogens with one attached hydrogen (secondary N) is 1. The van der Waals surface area contributed by atoms with Gasteiger partial charge in [-0.3, -0.25) is 4.79 Å². The number of primary sulfonamides is 1. The van der Waals surface area contributed by atoms with Crippen LogP contribution in [-0.4, -0.2) is 55.5 Å². The van der Waals surface area contributed by atoms with E-state index in [2.05, 4.69) is 15.3 Å². The van der Waals surface area contributed by atoms with Gasteiger partial charge in [-0.2, -0.15) is 0 Å². The average Bonchev–Trinajstić information content (AvgIpc) is 2.73. The van der Waals surface area contributed by atoms with Crippen LogP contribution in [0.1, 0.15) is 16.1 Å². The minimum atomic E-state index is -3.79. The number of anilines is 2. The molecular formula is C20H22ClN5O4S. The minimum absolute atomic E-state index is 0. The smallest absolute Gasteiger partial charge is 0.257 e. The van der Waals surface area contributed by atoms with Crippen molar-refractivity contribution in [2.45, 2.75) is 11.8 Å². The second-order valence-corrected chi connectivity index (χ2v) is 8.53. The number of morpholine rings is 1. The van der Waals surface area contributed by atoms with Crippen LogP contribution in [0.4, 0.5) is 11.4 Å². The minimum Gasteiger partial charge on any atom is -0.378 e. The summed E-state index contributed by atoms with van der Waals surface area (Å²) in [6.07, 6.45) is 1.52. The molecule has 9 nitrogen and oxygen atoms in total. The van der Waals surface area contributed by atoms with Gasteiger partial charge in [0.15, 0.2) is 5.65 Å². The predicted octanol–water partition coefficient (Wildman–Crippen LogP) is 2.22. The predicted molar refractivity (Wildman–Crippen MR) is 119 cm³/mol. The Morgan fingerprint density at radius 2 is 1.81 bits per heavy atom. The molecule has 1 aliphatic rings. The number of aryl methyl sites for hydroxylation is 1. The number of rotatable bonds is 4. The van der Waals surface area contributed by atoms with Gasteiger partial charge in [0.25, 0.3) is 5.91 Å². The summed E-state index contributed by atoms with van der Waals surface area (Å²) < 4.78 is 28.4. The Morgan fingerprint density at radius 3 is 2.45 bits per heavy atom. The molecule has 1 aromatic carbocycles. The highest BCUT2D eigenvalue weighted by molar-refractivity contribution is 7.89. The fourth-order valence-corrected chi connectivity index (χ4v) is 3.79. The summed E-state index contributed by atoms with van der Waals surface area (Å²) in [5.74, 6) is -0.156. The van der Waals surface area contributed by atoms with Crippen LogP contribution in [-0.2, 0) is 14.8 Å². The lowest BCUT2D eigenvalue weighted by Crippen LogP contribution is -2.41. The molecule has 2 aromatic heterocycles. The number of nitrogens with two attached hydrogens (primary N) is 1. The normalized spacial score (nSPS) is 14.2. The van der Waals surface area contributed by atoms with E-state index < -0.39 is 10.0 Å². The number of amides is 1. The zero-order valence-corrected chi connectivity index (χ0v) is 18.4. The summed E-state index contributed by atoms with van der Waals surface area (Å²) >= 11 is 0. The van der Waals surface area contributed by atoms with E-state index in [0.29, 0.717) is 54.3 Å². The van der Waals surface area contributed by atoms with Crippen molar-refractivity contribution in [3.05, 3.63) is 53.9 Å². The van der Waals surface area contributed by atoms with E-state index in [1.54, 1.807) is 17.0 Å². The molecule has 0 spiro atoms. The van der Waals surface area contributed by atoms with Gasteiger partial charge in [-0.05, 0) is 43.3 Å². The first kappa shape index (κ1) is 22.9. The van der Waals surface area contributed by atoms with Gasteiger partial charge in [0.1, 0.15) is 0 Å². The average molecular weight is 464 g/mol. The standard InChI is InChI=1S/C20H21N5O4S.ClH/c1-13-2-7-16-18(24-14-3-5-15(6-4-14)30(21,27)28)17(12-22-19(16)23-13)20(26)25-8-10-29-11-9-25;/h2-7,12H,8-11H2,1H3,(H2,21,27,28)(H,22,23,24);1H. The van der Waals surface area contributed by atoms with Crippen LogP contribution in [0.5, 0.6) is 0 Å². The molecule has 1 saturated heterocycles. The second-order valence-electron chi connectivity index (χ2n) is 6.97. The van der Waals surface area contributed by atoms with Crippen molar-refractivity contribution in [1.82, 2.24) is 14.9 Å². The number of fused-ring (bicyclic) bond motifs is 1. The van der Waals surface area contributed by atoms with Crippen molar-refractivity contribution >= 4 is 50.7 Å². The summed E-state index contributed by atoms with van der Waals surface area (Å²) in [6, 6.07) is 9.72.